The van der Waals surface area contributed by atoms with E-state index in [0.29, 0.717) is 35.4 Å². The van der Waals surface area contributed by atoms with Gasteiger partial charge in [0.05, 0.1) is 18.4 Å². The first-order valence-corrected chi connectivity index (χ1v) is 11.3. The van der Waals surface area contributed by atoms with Crippen molar-refractivity contribution in [3.63, 3.8) is 0 Å². The molecule has 0 bridgehead atoms. The van der Waals surface area contributed by atoms with E-state index >= 15 is 0 Å². The van der Waals surface area contributed by atoms with Crippen molar-refractivity contribution in [3.05, 3.63) is 54.1 Å². The molecular formula is C25H31N3O4. The van der Waals surface area contributed by atoms with Crippen molar-refractivity contribution in [2.75, 3.05) is 37.0 Å². The second kappa shape index (κ2) is 10.0. The van der Waals surface area contributed by atoms with Crippen molar-refractivity contribution in [2.45, 2.75) is 38.3 Å². The Kier molecular flexibility index (Phi) is 6.95. The van der Waals surface area contributed by atoms with Crippen molar-refractivity contribution in [1.29, 1.82) is 0 Å². The van der Waals surface area contributed by atoms with Crippen LogP contribution >= 0.6 is 0 Å². The number of nitrogens with one attached hydrogen (secondary N) is 2. The lowest BCUT2D eigenvalue weighted by molar-refractivity contribution is -0.123. The number of hydrogen-bond acceptors (Lipinski definition) is 6. The zero-order valence-corrected chi connectivity index (χ0v) is 18.7. The molecule has 0 aromatic heterocycles. The van der Waals surface area contributed by atoms with E-state index in [0.717, 1.165) is 38.2 Å². The third-order valence-corrected chi connectivity index (χ3v) is 5.96. The van der Waals surface area contributed by atoms with Crippen LogP contribution in [0.1, 0.15) is 36.5 Å². The van der Waals surface area contributed by atoms with E-state index in [1.54, 1.807) is 12.1 Å². The van der Waals surface area contributed by atoms with Gasteiger partial charge in [-0.25, -0.2) is 4.79 Å². The minimum atomic E-state index is -0.621. The van der Waals surface area contributed by atoms with Gasteiger partial charge in [-0.1, -0.05) is 31.0 Å². The normalized spacial score (nSPS) is 19.2. The zero-order valence-electron chi connectivity index (χ0n) is 18.7. The maximum atomic E-state index is 13.2. The Morgan fingerprint density at radius 1 is 1.19 bits per heavy atom. The lowest BCUT2D eigenvalue weighted by Crippen LogP contribution is -2.49. The molecule has 170 valence electrons. The van der Waals surface area contributed by atoms with E-state index in [2.05, 4.69) is 22.5 Å². The number of para-hydroxylation sites is 1. The Hall–Kier alpha value is -3.06. The first-order chi connectivity index (χ1) is 15.5. The Morgan fingerprint density at radius 2 is 1.97 bits per heavy atom. The number of nitrogens with zero attached hydrogens (tertiary/aromatic N) is 1. The van der Waals surface area contributed by atoms with Gasteiger partial charge in [0.15, 0.2) is 6.10 Å². The fraction of sp³-hybridized carbons (Fsp3) is 0.440. The molecule has 2 aliphatic rings. The Labute approximate surface area is 189 Å². The molecule has 0 unspecified atom stereocenters. The molecule has 1 saturated carbocycles. The molecule has 2 aromatic carbocycles. The smallest absolute Gasteiger partial charge is 0.340 e. The predicted octanol–water partition coefficient (Wildman–Crippen LogP) is 3.46. The molecule has 2 aromatic rings. The summed E-state index contributed by atoms with van der Waals surface area (Å²) in [7, 11) is 1.35. The van der Waals surface area contributed by atoms with Gasteiger partial charge in [-0.2, -0.15) is 0 Å². The van der Waals surface area contributed by atoms with Crippen molar-refractivity contribution < 1.29 is 19.1 Å². The Morgan fingerprint density at radius 3 is 2.66 bits per heavy atom. The van der Waals surface area contributed by atoms with Crippen LogP contribution in [0.25, 0.3) is 0 Å². The lowest BCUT2D eigenvalue weighted by atomic mass is 10.1. The van der Waals surface area contributed by atoms with Gasteiger partial charge in [-0.3, -0.25) is 4.79 Å². The molecule has 7 heteroatoms. The van der Waals surface area contributed by atoms with Crippen LogP contribution in [0.5, 0.6) is 5.75 Å². The number of piperazine rings is 1. The van der Waals surface area contributed by atoms with Gasteiger partial charge < -0.3 is 25.0 Å². The summed E-state index contributed by atoms with van der Waals surface area (Å²) in [6.45, 7) is 4.72. The van der Waals surface area contributed by atoms with Gasteiger partial charge in [-0.05, 0) is 49.6 Å². The lowest BCUT2D eigenvalue weighted by Gasteiger charge is -2.34. The van der Waals surface area contributed by atoms with Crippen molar-refractivity contribution in [1.82, 2.24) is 5.32 Å². The van der Waals surface area contributed by atoms with Gasteiger partial charge in [-0.15, -0.1) is 0 Å². The molecule has 1 heterocycles. The number of benzene rings is 2. The molecule has 1 amide bonds. The van der Waals surface area contributed by atoms with Gasteiger partial charge in [0.1, 0.15) is 5.75 Å². The number of esters is 1. The second-order valence-electron chi connectivity index (χ2n) is 8.61. The van der Waals surface area contributed by atoms with Crippen LogP contribution in [0.3, 0.4) is 0 Å². The van der Waals surface area contributed by atoms with Crippen LogP contribution in [-0.2, 0) is 9.53 Å². The molecule has 1 aliphatic heterocycles. The minimum Gasteiger partial charge on any atom is -0.481 e. The largest absolute Gasteiger partial charge is 0.481 e. The third-order valence-electron chi connectivity index (χ3n) is 5.96. The molecule has 2 N–H and O–H groups in total. The van der Waals surface area contributed by atoms with Gasteiger partial charge in [0, 0.05) is 31.4 Å². The SMILES string of the molecule is COC(=O)c1cc(N2CCN[C@@H](C)C2)ccc1NC(=O)[C@H](CC1CC1)Oc1ccccc1. The predicted molar refractivity (Wildman–Crippen MR) is 124 cm³/mol. The average molecular weight is 438 g/mol. The van der Waals surface area contributed by atoms with Crippen molar-refractivity contribution in [3.8, 4) is 5.75 Å². The van der Waals surface area contributed by atoms with E-state index in [9.17, 15) is 9.59 Å². The quantitative estimate of drug-likeness (QED) is 0.616. The summed E-state index contributed by atoms with van der Waals surface area (Å²) >= 11 is 0. The number of carbonyl (C=O) groups excluding carboxylic acids is 2. The summed E-state index contributed by atoms with van der Waals surface area (Å²) in [5.41, 5.74) is 1.72. The number of ether oxygens (including phenoxy) is 2. The van der Waals surface area contributed by atoms with Gasteiger partial charge >= 0.3 is 5.97 Å². The first kappa shape index (κ1) is 22.1. The van der Waals surface area contributed by atoms with Gasteiger partial charge in [0.2, 0.25) is 0 Å². The van der Waals surface area contributed by atoms with E-state index in [1.165, 1.54) is 7.11 Å². The van der Waals surface area contributed by atoms with Gasteiger partial charge in [0.25, 0.3) is 5.91 Å². The topological polar surface area (TPSA) is 79.9 Å². The third kappa shape index (κ3) is 5.59. The molecule has 7 nitrogen and oxygen atoms in total. The van der Waals surface area contributed by atoms with Crippen LogP contribution < -0.4 is 20.3 Å². The van der Waals surface area contributed by atoms with Crippen LogP contribution in [0.4, 0.5) is 11.4 Å². The number of hydrogen-bond donors (Lipinski definition) is 2. The van der Waals surface area contributed by atoms with E-state index < -0.39 is 12.1 Å². The molecule has 1 aliphatic carbocycles. The van der Waals surface area contributed by atoms with E-state index in [4.69, 9.17) is 9.47 Å². The highest BCUT2D eigenvalue weighted by molar-refractivity contribution is 6.03. The zero-order chi connectivity index (χ0) is 22.5. The van der Waals surface area contributed by atoms with Crippen LogP contribution in [0.2, 0.25) is 0 Å². The summed E-state index contributed by atoms with van der Waals surface area (Å²) < 4.78 is 11.0. The summed E-state index contributed by atoms with van der Waals surface area (Å²) in [5, 5.41) is 6.34. The maximum Gasteiger partial charge on any atom is 0.340 e. The van der Waals surface area contributed by atoms with E-state index in [1.807, 2.05) is 36.4 Å². The molecule has 0 radical (unpaired) electrons. The fourth-order valence-corrected chi connectivity index (χ4v) is 4.03. The van der Waals surface area contributed by atoms with Crippen LogP contribution in [0.15, 0.2) is 48.5 Å². The summed E-state index contributed by atoms with van der Waals surface area (Å²) in [5.74, 6) is 0.429. The summed E-state index contributed by atoms with van der Waals surface area (Å²) in [6.07, 6.45) is 2.27. The molecule has 2 fully saturated rings. The standard InChI is InChI=1S/C25H31N3O4/c1-17-16-28(13-12-26-17)19-10-11-22(21(15-19)25(30)31-2)27-24(29)23(14-18-8-9-18)32-20-6-4-3-5-7-20/h3-7,10-11,15,17-18,23,26H,8-9,12-14,16H2,1-2H3,(H,27,29)/t17-,23-/m0/s1. The van der Waals surface area contributed by atoms with Crippen LogP contribution in [-0.4, -0.2) is 50.8 Å². The fourth-order valence-electron chi connectivity index (χ4n) is 4.03. The number of rotatable bonds is 8. The Balaban J connectivity index is 1.54. The highest BCUT2D eigenvalue weighted by atomic mass is 16.5. The number of anilines is 2. The summed E-state index contributed by atoms with van der Waals surface area (Å²) in [6, 6.07) is 15.2. The van der Waals surface area contributed by atoms with Crippen molar-refractivity contribution in [2.24, 2.45) is 5.92 Å². The summed E-state index contributed by atoms with van der Waals surface area (Å²) in [4.78, 5) is 27.9. The molecule has 0 spiro atoms. The number of carbonyl (C=O) groups is 2. The van der Waals surface area contributed by atoms with Crippen LogP contribution in [0, 0.1) is 5.92 Å². The number of methoxy groups -OCH3 is 1. The second-order valence-corrected chi connectivity index (χ2v) is 8.61. The Bertz CT molecular complexity index is 945. The minimum absolute atomic E-state index is 0.255. The first-order valence-electron chi connectivity index (χ1n) is 11.3. The molecule has 1 saturated heterocycles. The highest BCUT2D eigenvalue weighted by Crippen LogP contribution is 2.35. The van der Waals surface area contributed by atoms with Crippen molar-refractivity contribution >= 4 is 23.3 Å². The maximum absolute atomic E-state index is 13.2. The average Bonchev–Trinajstić information content (AvgIpc) is 3.63. The highest BCUT2D eigenvalue weighted by Gasteiger charge is 2.31. The molecule has 2 atom stereocenters. The molecule has 32 heavy (non-hydrogen) atoms. The van der Waals surface area contributed by atoms with E-state index in [-0.39, 0.29) is 5.91 Å². The molecular weight excluding hydrogens is 406 g/mol. The molecule has 4 rings (SSSR count). The number of amides is 1. The monoisotopic (exact) mass is 437 g/mol.